The summed E-state index contributed by atoms with van der Waals surface area (Å²) in [5.41, 5.74) is 0.458. The highest BCUT2D eigenvalue weighted by Crippen LogP contribution is 2.56. The van der Waals surface area contributed by atoms with Gasteiger partial charge < -0.3 is 14.8 Å². The minimum Gasteiger partial charge on any atom is -0.495 e. The number of rotatable bonds is 6. The lowest BCUT2D eigenvalue weighted by molar-refractivity contribution is -0.154. The van der Waals surface area contributed by atoms with Crippen molar-refractivity contribution in [2.75, 3.05) is 25.6 Å². The van der Waals surface area contributed by atoms with Gasteiger partial charge in [-0.25, -0.2) is 0 Å². The third-order valence-corrected chi connectivity index (χ3v) is 6.05. The average molecular weight is 386 g/mol. The number of carbonyl (C=O) groups is 4. The minimum atomic E-state index is -0.774. The predicted molar refractivity (Wildman–Crippen MR) is 97.1 cm³/mol. The number of likely N-dealkylation sites (tertiary alicyclic amines) is 1. The van der Waals surface area contributed by atoms with E-state index in [1.54, 1.807) is 24.3 Å². The Bertz CT molecular complexity index is 810. The van der Waals surface area contributed by atoms with Gasteiger partial charge in [-0.1, -0.05) is 12.1 Å². The quantitative estimate of drug-likeness (QED) is 0.582. The number of para-hydroxylation sites is 2. The molecule has 1 aliphatic heterocycles. The molecule has 4 rings (SSSR count). The second-order valence-corrected chi connectivity index (χ2v) is 7.56. The molecule has 3 amide bonds. The van der Waals surface area contributed by atoms with Gasteiger partial charge in [0.2, 0.25) is 11.8 Å². The first kappa shape index (κ1) is 18.5. The van der Waals surface area contributed by atoms with Crippen LogP contribution in [0.2, 0.25) is 0 Å². The Balaban J connectivity index is 1.30. The van der Waals surface area contributed by atoms with Crippen LogP contribution in [0.15, 0.2) is 24.3 Å². The fourth-order valence-electron chi connectivity index (χ4n) is 4.88. The standard InChI is InChI=1S/C20H22N2O6/c1-27-14-5-3-2-4-13(14)21-15(23)10-28-16(24)9-22-19(25)17-11-6-7-12(8-11)18(17)20(22)26/h2-5,11-12,17-18H,6-10H2,1H3,(H,21,23)/t11-,12-,17-,18-/m0/s1. The van der Waals surface area contributed by atoms with Gasteiger partial charge in [-0.15, -0.1) is 0 Å². The van der Waals surface area contributed by atoms with E-state index in [2.05, 4.69) is 5.32 Å². The zero-order valence-electron chi connectivity index (χ0n) is 15.6. The third kappa shape index (κ3) is 3.12. The lowest BCUT2D eigenvalue weighted by Crippen LogP contribution is -2.38. The van der Waals surface area contributed by atoms with Gasteiger partial charge in [-0.05, 0) is 43.2 Å². The van der Waals surface area contributed by atoms with Gasteiger partial charge in [-0.2, -0.15) is 0 Å². The molecule has 1 aromatic rings. The lowest BCUT2D eigenvalue weighted by Gasteiger charge is -2.19. The lowest BCUT2D eigenvalue weighted by atomic mass is 9.81. The Morgan fingerprint density at radius 3 is 2.39 bits per heavy atom. The molecule has 4 atom stereocenters. The first-order chi connectivity index (χ1) is 13.5. The fraction of sp³-hybridized carbons (Fsp3) is 0.500. The molecule has 1 aromatic carbocycles. The SMILES string of the molecule is COc1ccccc1NC(=O)COC(=O)CN1C(=O)[C@H]2[C@H]3CC[C@@H](C3)[C@@H]2C1=O. The summed E-state index contributed by atoms with van der Waals surface area (Å²) in [6.45, 7) is -0.947. The van der Waals surface area contributed by atoms with Crippen molar-refractivity contribution in [2.45, 2.75) is 19.3 Å². The van der Waals surface area contributed by atoms with Crippen molar-refractivity contribution >= 4 is 29.4 Å². The maximum absolute atomic E-state index is 12.6. The maximum Gasteiger partial charge on any atom is 0.326 e. The van der Waals surface area contributed by atoms with Crippen molar-refractivity contribution in [3.63, 3.8) is 0 Å². The second-order valence-electron chi connectivity index (χ2n) is 7.56. The van der Waals surface area contributed by atoms with Gasteiger partial charge in [0.15, 0.2) is 6.61 Å². The highest BCUT2D eigenvalue weighted by atomic mass is 16.5. The summed E-state index contributed by atoms with van der Waals surface area (Å²) < 4.78 is 10.1. The molecule has 2 saturated carbocycles. The topological polar surface area (TPSA) is 102 Å². The zero-order chi connectivity index (χ0) is 19.8. The van der Waals surface area contributed by atoms with Crippen LogP contribution in [-0.4, -0.2) is 48.9 Å². The van der Waals surface area contributed by atoms with Crippen LogP contribution in [0.25, 0.3) is 0 Å². The Morgan fingerprint density at radius 1 is 1.11 bits per heavy atom. The summed E-state index contributed by atoms with van der Waals surface area (Å²) in [5, 5.41) is 2.59. The van der Waals surface area contributed by atoms with Crippen molar-refractivity contribution in [1.82, 2.24) is 4.90 Å². The number of anilines is 1. The first-order valence-corrected chi connectivity index (χ1v) is 9.43. The highest BCUT2D eigenvalue weighted by molar-refractivity contribution is 6.08. The number of esters is 1. The summed E-state index contributed by atoms with van der Waals surface area (Å²) in [6.07, 6.45) is 2.90. The summed E-state index contributed by atoms with van der Waals surface area (Å²) in [4.78, 5) is 50.3. The number of imide groups is 1. The largest absolute Gasteiger partial charge is 0.495 e. The molecule has 1 saturated heterocycles. The highest BCUT2D eigenvalue weighted by Gasteiger charge is 2.61. The molecule has 0 spiro atoms. The van der Waals surface area contributed by atoms with Crippen LogP contribution in [0.5, 0.6) is 5.75 Å². The van der Waals surface area contributed by atoms with Crippen LogP contribution in [-0.2, 0) is 23.9 Å². The van der Waals surface area contributed by atoms with Crippen LogP contribution in [0.4, 0.5) is 5.69 Å². The van der Waals surface area contributed by atoms with Crippen molar-refractivity contribution in [3.05, 3.63) is 24.3 Å². The molecule has 0 unspecified atom stereocenters. The number of fused-ring (bicyclic) bond motifs is 5. The number of hydrogen-bond acceptors (Lipinski definition) is 6. The van der Waals surface area contributed by atoms with Crippen LogP contribution in [0, 0.1) is 23.7 Å². The second kappa shape index (κ2) is 7.26. The van der Waals surface area contributed by atoms with E-state index in [4.69, 9.17) is 9.47 Å². The maximum atomic E-state index is 12.6. The van der Waals surface area contributed by atoms with E-state index in [0.717, 1.165) is 24.2 Å². The summed E-state index contributed by atoms with van der Waals surface area (Å²) in [5.74, 6) is -1.37. The van der Waals surface area contributed by atoms with Crippen LogP contribution < -0.4 is 10.1 Å². The van der Waals surface area contributed by atoms with Crippen molar-refractivity contribution in [3.8, 4) is 5.75 Å². The molecule has 0 radical (unpaired) electrons. The average Bonchev–Trinajstić information content (AvgIpc) is 3.37. The summed E-state index contributed by atoms with van der Waals surface area (Å²) >= 11 is 0. The van der Waals surface area contributed by atoms with Gasteiger partial charge in [0, 0.05) is 0 Å². The molecule has 148 valence electrons. The van der Waals surface area contributed by atoms with E-state index >= 15 is 0 Å². The van der Waals surface area contributed by atoms with Gasteiger partial charge in [0.1, 0.15) is 12.3 Å². The molecule has 1 N–H and O–H groups in total. The van der Waals surface area contributed by atoms with Crippen LogP contribution >= 0.6 is 0 Å². The van der Waals surface area contributed by atoms with Crippen LogP contribution in [0.3, 0.4) is 0 Å². The molecular formula is C20H22N2O6. The van der Waals surface area contributed by atoms with Crippen molar-refractivity contribution in [1.29, 1.82) is 0 Å². The molecule has 8 nitrogen and oxygen atoms in total. The smallest absolute Gasteiger partial charge is 0.326 e. The molecular weight excluding hydrogens is 364 g/mol. The molecule has 2 aliphatic carbocycles. The number of benzene rings is 1. The van der Waals surface area contributed by atoms with Crippen LogP contribution in [0.1, 0.15) is 19.3 Å². The summed E-state index contributed by atoms with van der Waals surface area (Å²) in [7, 11) is 1.48. The number of amides is 3. The number of ether oxygens (including phenoxy) is 2. The Kier molecular flexibility index (Phi) is 4.78. The van der Waals surface area contributed by atoms with E-state index in [0.29, 0.717) is 11.4 Å². The molecule has 8 heteroatoms. The Hall–Kier alpha value is -2.90. The monoisotopic (exact) mass is 386 g/mol. The van der Waals surface area contributed by atoms with Gasteiger partial charge >= 0.3 is 5.97 Å². The van der Waals surface area contributed by atoms with Crippen molar-refractivity contribution in [2.24, 2.45) is 23.7 Å². The number of nitrogens with zero attached hydrogens (tertiary/aromatic N) is 1. The number of methoxy groups -OCH3 is 1. The minimum absolute atomic E-state index is 0.263. The fourth-order valence-corrected chi connectivity index (χ4v) is 4.88. The van der Waals surface area contributed by atoms with Crippen molar-refractivity contribution < 1.29 is 28.7 Å². The number of carbonyl (C=O) groups excluding carboxylic acids is 4. The van der Waals surface area contributed by atoms with E-state index in [-0.39, 0.29) is 35.5 Å². The van der Waals surface area contributed by atoms with E-state index < -0.39 is 25.0 Å². The Labute approximate surface area is 162 Å². The zero-order valence-corrected chi connectivity index (χ0v) is 15.6. The summed E-state index contributed by atoms with van der Waals surface area (Å²) in [6, 6.07) is 6.85. The predicted octanol–water partition coefficient (Wildman–Crippen LogP) is 1.21. The molecule has 3 fully saturated rings. The molecule has 2 bridgehead atoms. The van der Waals surface area contributed by atoms with Gasteiger partial charge in [0.25, 0.3) is 5.91 Å². The first-order valence-electron chi connectivity index (χ1n) is 9.43. The molecule has 28 heavy (non-hydrogen) atoms. The van der Waals surface area contributed by atoms with E-state index in [9.17, 15) is 19.2 Å². The Morgan fingerprint density at radius 2 is 1.75 bits per heavy atom. The third-order valence-electron chi connectivity index (χ3n) is 6.05. The molecule has 3 aliphatic rings. The van der Waals surface area contributed by atoms with E-state index in [1.807, 2.05) is 0 Å². The van der Waals surface area contributed by atoms with Gasteiger partial charge in [0.05, 0.1) is 24.6 Å². The van der Waals surface area contributed by atoms with Gasteiger partial charge in [-0.3, -0.25) is 24.1 Å². The number of nitrogens with one attached hydrogen (secondary N) is 1. The normalized spacial score (nSPS) is 27.7. The molecule has 0 aromatic heterocycles. The van der Waals surface area contributed by atoms with E-state index in [1.165, 1.54) is 7.11 Å². The number of hydrogen-bond donors (Lipinski definition) is 1. The molecule has 1 heterocycles.